The summed E-state index contributed by atoms with van der Waals surface area (Å²) in [5.74, 6) is -0.638. The van der Waals surface area contributed by atoms with E-state index in [-0.39, 0.29) is 16.1 Å². The van der Waals surface area contributed by atoms with Crippen LogP contribution in [0.2, 0.25) is 0 Å². The van der Waals surface area contributed by atoms with Crippen LogP contribution in [-0.4, -0.2) is 5.91 Å². The van der Waals surface area contributed by atoms with E-state index in [1.807, 2.05) is 0 Å². The number of rotatable bonds is 2. The molecule has 21 heavy (non-hydrogen) atoms. The van der Waals surface area contributed by atoms with Gasteiger partial charge in [0.25, 0.3) is 5.91 Å². The van der Waals surface area contributed by atoms with Crippen LogP contribution in [0, 0.1) is 11.3 Å². The lowest BCUT2D eigenvalue weighted by Crippen LogP contribution is -2.16. The van der Waals surface area contributed by atoms with Crippen molar-refractivity contribution in [2.75, 3.05) is 5.32 Å². The number of nitrogens with one attached hydrogen (secondary N) is 1. The van der Waals surface area contributed by atoms with Crippen molar-refractivity contribution in [1.29, 1.82) is 5.26 Å². The van der Waals surface area contributed by atoms with Crippen LogP contribution in [0.3, 0.4) is 0 Å². The fraction of sp³-hybridized carbons (Fsp3) is 0.0769. The molecule has 0 saturated carbocycles. The highest BCUT2D eigenvalue weighted by atomic mass is 79.9. The molecule has 0 aliphatic carbocycles. The van der Waals surface area contributed by atoms with E-state index in [0.717, 1.165) is 17.4 Å². The van der Waals surface area contributed by atoms with Gasteiger partial charge in [-0.3, -0.25) is 4.79 Å². The van der Waals surface area contributed by atoms with Crippen LogP contribution >= 0.6 is 27.3 Å². The first-order valence-electron chi connectivity index (χ1n) is 5.49. The molecular weight excluding hydrogens is 369 g/mol. The molecule has 0 radical (unpaired) electrons. The summed E-state index contributed by atoms with van der Waals surface area (Å²) < 4.78 is 39.6. The Kier molecular flexibility index (Phi) is 4.34. The van der Waals surface area contributed by atoms with Crippen molar-refractivity contribution in [3.8, 4) is 6.07 Å². The number of thiophene rings is 1. The highest BCUT2D eigenvalue weighted by molar-refractivity contribution is 9.11. The average molecular weight is 375 g/mol. The molecule has 2 aromatic rings. The van der Waals surface area contributed by atoms with Crippen molar-refractivity contribution in [2.45, 2.75) is 6.18 Å². The summed E-state index contributed by atoms with van der Waals surface area (Å²) in [6.07, 6.45) is -4.66. The molecule has 0 aliphatic heterocycles. The first-order chi connectivity index (χ1) is 9.81. The molecule has 0 bridgehead atoms. The monoisotopic (exact) mass is 374 g/mol. The summed E-state index contributed by atoms with van der Waals surface area (Å²) in [7, 11) is 0. The van der Waals surface area contributed by atoms with E-state index in [1.165, 1.54) is 12.1 Å². The Labute approximate surface area is 130 Å². The quantitative estimate of drug-likeness (QED) is 0.831. The Balaban J connectivity index is 2.36. The smallest absolute Gasteiger partial charge is 0.321 e. The molecule has 1 N–H and O–H groups in total. The van der Waals surface area contributed by atoms with Crippen molar-refractivity contribution in [1.82, 2.24) is 0 Å². The molecular formula is C13H6BrF3N2OS. The second kappa shape index (κ2) is 5.87. The summed E-state index contributed by atoms with van der Waals surface area (Å²) in [4.78, 5) is 12.2. The van der Waals surface area contributed by atoms with E-state index in [4.69, 9.17) is 5.26 Å². The molecule has 0 unspecified atom stereocenters. The highest BCUT2D eigenvalue weighted by Crippen LogP contribution is 2.36. The van der Waals surface area contributed by atoms with Gasteiger partial charge in [-0.05, 0) is 46.3 Å². The van der Waals surface area contributed by atoms with Gasteiger partial charge >= 0.3 is 6.18 Å². The maximum atomic E-state index is 13.0. The van der Waals surface area contributed by atoms with Gasteiger partial charge in [-0.15, -0.1) is 11.3 Å². The van der Waals surface area contributed by atoms with Crippen LogP contribution in [0.15, 0.2) is 34.1 Å². The molecule has 1 aromatic heterocycles. The number of benzene rings is 1. The van der Waals surface area contributed by atoms with Crippen LogP contribution in [0.25, 0.3) is 0 Å². The van der Waals surface area contributed by atoms with Crippen LogP contribution in [0.4, 0.5) is 18.9 Å². The number of anilines is 1. The standard InChI is InChI=1S/C13H6BrF3N2OS/c14-11-4-3-10(21-11)12(20)19-9-2-1-7(6-18)5-8(9)13(15,16)17/h1-5H,(H,19,20). The van der Waals surface area contributed by atoms with Crippen LogP contribution < -0.4 is 5.32 Å². The van der Waals surface area contributed by atoms with Gasteiger partial charge in [0.15, 0.2) is 0 Å². The molecule has 108 valence electrons. The lowest BCUT2D eigenvalue weighted by atomic mass is 10.1. The van der Waals surface area contributed by atoms with Gasteiger partial charge in [-0.1, -0.05) is 0 Å². The minimum atomic E-state index is -4.66. The van der Waals surface area contributed by atoms with Gasteiger partial charge in [-0.25, -0.2) is 0 Å². The van der Waals surface area contributed by atoms with E-state index in [2.05, 4.69) is 21.2 Å². The second-order valence-electron chi connectivity index (χ2n) is 3.93. The van der Waals surface area contributed by atoms with E-state index in [1.54, 1.807) is 12.1 Å². The van der Waals surface area contributed by atoms with Crippen molar-refractivity contribution in [2.24, 2.45) is 0 Å². The number of halogens is 4. The fourth-order valence-corrected chi connectivity index (χ4v) is 2.86. The molecule has 2 rings (SSSR count). The molecule has 0 saturated heterocycles. The summed E-state index contributed by atoms with van der Waals surface area (Å²) in [5.41, 5.74) is -1.55. The number of hydrogen-bond acceptors (Lipinski definition) is 3. The fourth-order valence-electron chi connectivity index (χ4n) is 1.58. The van der Waals surface area contributed by atoms with Crippen molar-refractivity contribution in [3.05, 3.63) is 50.1 Å². The Morgan fingerprint density at radius 2 is 2.00 bits per heavy atom. The molecule has 1 amide bonds. The van der Waals surface area contributed by atoms with E-state index >= 15 is 0 Å². The van der Waals surface area contributed by atoms with Gasteiger partial charge in [0, 0.05) is 0 Å². The molecule has 1 heterocycles. The number of nitrogens with zero attached hydrogens (tertiary/aromatic N) is 1. The first kappa shape index (κ1) is 15.5. The zero-order valence-electron chi connectivity index (χ0n) is 10.2. The molecule has 0 fully saturated rings. The normalized spacial score (nSPS) is 11.0. The Hall–Kier alpha value is -1.85. The highest BCUT2D eigenvalue weighted by Gasteiger charge is 2.34. The summed E-state index contributed by atoms with van der Waals surface area (Å²) in [5, 5.41) is 10.9. The predicted molar refractivity (Wildman–Crippen MR) is 76.1 cm³/mol. The average Bonchev–Trinajstić information content (AvgIpc) is 2.84. The third kappa shape index (κ3) is 3.62. The zero-order chi connectivity index (χ0) is 15.6. The summed E-state index contributed by atoms with van der Waals surface area (Å²) in [6, 6.07) is 7.76. The summed E-state index contributed by atoms with van der Waals surface area (Å²) >= 11 is 4.28. The van der Waals surface area contributed by atoms with E-state index < -0.39 is 17.6 Å². The van der Waals surface area contributed by atoms with Crippen LogP contribution in [-0.2, 0) is 6.18 Å². The molecule has 3 nitrogen and oxygen atoms in total. The minimum absolute atomic E-state index is 0.126. The van der Waals surface area contributed by atoms with E-state index in [0.29, 0.717) is 9.85 Å². The van der Waals surface area contributed by atoms with Gasteiger partial charge in [0.2, 0.25) is 0 Å². The topological polar surface area (TPSA) is 52.9 Å². The van der Waals surface area contributed by atoms with Crippen molar-refractivity contribution >= 4 is 38.9 Å². The zero-order valence-corrected chi connectivity index (χ0v) is 12.6. The summed E-state index contributed by atoms with van der Waals surface area (Å²) in [6.45, 7) is 0. The first-order valence-corrected chi connectivity index (χ1v) is 7.10. The van der Waals surface area contributed by atoms with Crippen molar-refractivity contribution < 1.29 is 18.0 Å². The number of amides is 1. The molecule has 0 aliphatic rings. The Morgan fingerprint density at radius 3 is 2.52 bits per heavy atom. The Morgan fingerprint density at radius 1 is 1.29 bits per heavy atom. The van der Waals surface area contributed by atoms with Gasteiger partial charge in [0.05, 0.1) is 31.5 Å². The number of hydrogen-bond donors (Lipinski definition) is 1. The lowest BCUT2D eigenvalue weighted by molar-refractivity contribution is -0.136. The van der Waals surface area contributed by atoms with E-state index in [9.17, 15) is 18.0 Å². The number of carbonyl (C=O) groups excluding carboxylic acids is 1. The van der Waals surface area contributed by atoms with Gasteiger partial charge in [-0.2, -0.15) is 18.4 Å². The van der Waals surface area contributed by atoms with Gasteiger partial charge < -0.3 is 5.32 Å². The predicted octanol–water partition coefficient (Wildman–Crippen LogP) is 4.65. The lowest BCUT2D eigenvalue weighted by Gasteiger charge is -2.13. The SMILES string of the molecule is N#Cc1ccc(NC(=O)c2ccc(Br)s2)c(C(F)(F)F)c1. The maximum absolute atomic E-state index is 13.0. The second-order valence-corrected chi connectivity index (χ2v) is 6.39. The minimum Gasteiger partial charge on any atom is -0.321 e. The van der Waals surface area contributed by atoms with Crippen molar-refractivity contribution in [3.63, 3.8) is 0 Å². The third-order valence-corrected chi connectivity index (χ3v) is 4.12. The molecule has 1 aromatic carbocycles. The number of carbonyl (C=O) groups is 1. The molecule has 0 spiro atoms. The van der Waals surface area contributed by atoms with Crippen LogP contribution in [0.5, 0.6) is 0 Å². The molecule has 8 heteroatoms. The Bertz CT molecular complexity index is 734. The maximum Gasteiger partial charge on any atom is 0.418 e. The van der Waals surface area contributed by atoms with Crippen LogP contribution in [0.1, 0.15) is 20.8 Å². The number of nitriles is 1. The largest absolute Gasteiger partial charge is 0.418 e. The van der Waals surface area contributed by atoms with Gasteiger partial charge in [0.1, 0.15) is 0 Å². The third-order valence-electron chi connectivity index (χ3n) is 2.50. The number of alkyl halides is 3. The molecule has 0 atom stereocenters.